The molecule has 1 saturated heterocycles. The minimum absolute atomic E-state index is 0.195. The lowest BCUT2D eigenvalue weighted by molar-refractivity contribution is -0.917. The van der Waals surface area contributed by atoms with Gasteiger partial charge in [0.2, 0.25) is 5.91 Å². The first kappa shape index (κ1) is 18.8. The van der Waals surface area contributed by atoms with Crippen LogP contribution in [0.2, 0.25) is 0 Å². The number of carbonyl (C=O) groups excluding carboxylic acids is 1. The molecule has 0 atom stereocenters. The number of quaternary nitrogens is 1. The number of nitrogens with one attached hydrogen (secondary N) is 1. The third kappa shape index (κ3) is 4.65. The van der Waals surface area contributed by atoms with Gasteiger partial charge in [0.25, 0.3) is 0 Å². The third-order valence-corrected chi connectivity index (χ3v) is 5.64. The van der Waals surface area contributed by atoms with Crippen LogP contribution < -0.4 is 14.4 Å². The summed E-state index contributed by atoms with van der Waals surface area (Å²) in [6, 6.07) is 14.5. The van der Waals surface area contributed by atoms with Gasteiger partial charge in [0.05, 0.1) is 45.8 Å². The lowest BCUT2D eigenvalue weighted by Crippen LogP contribution is -3.13. The fraction of sp³-hybridized carbons (Fsp3) is 0.435. The number of nitrogens with zero attached hydrogens (tertiary/aromatic N) is 1. The monoisotopic (exact) mass is 381 g/mol. The van der Waals surface area contributed by atoms with Crippen molar-refractivity contribution in [3.63, 3.8) is 0 Å². The number of hydrogen-bond acceptors (Lipinski definition) is 3. The van der Waals surface area contributed by atoms with Crippen LogP contribution in [0.5, 0.6) is 11.5 Å². The average molecular weight is 381 g/mol. The highest BCUT2D eigenvalue weighted by molar-refractivity contribution is 5.76. The van der Waals surface area contributed by atoms with Crippen LogP contribution in [0.25, 0.3) is 0 Å². The van der Waals surface area contributed by atoms with Gasteiger partial charge in [0, 0.05) is 12.0 Å². The summed E-state index contributed by atoms with van der Waals surface area (Å²) in [5.41, 5.74) is 3.90. The van der Waals surface area contributed by atoms with Crippen LogP contribution in [-0.4, -0.2) is 50.2 Å². The number of piperazine rings is 1. The highest BCUT2D eigenvalue weighted by atomic mass is 16.5. The largest absolute Gasteiger partial charge is 0.493 e. The highest BCUT2D eigenvalue weighted by Gasteiger charge is 2.24. The number of amides is 1. The van der Waals surface area contributed by atoms with Gasteiger partial charge in [-0.2, -0.15) is 0 Å². The Labute approximate surface area is 166 Å². The van der Waals surface area contributed by atoms with Crippen LogP contribution in [0.3, 0.4) is 0 Å². The first-order valence-corrected chi connectivity index (χ1v) is 10.2. The van der Waals surface area contributed by atoms with Gasteiger partial charge in [-0.05, 0) is 42.8 Å². The van der Waals surface area contributed by atoms with Crippen molar-refractivity contribution in [2.45, 2.75) is 26.3 Å². The number of rotatable bonds is 6. The van der Waals surface area contributed by atoms with Crippen molar-refractivity contribution in [1.29, 1.82) is 0 Å². The zero-order valence-electron chi connectivity index (χ0n) is 16.6. The fourth-order valence-corrected chi connectivity index (χ4v) is 3.94. The number of fused-ring (bicyclic) bond motifs is 1. The normalized spacial score (nSPS) is 16.5. The van der Waals surface area contributed by atoms with Crippen molar-refractivity contribution in [3.05, 3.63) is 59.2 Å². The van der Waals surface area contributed by atoms with E-state index in [1.54, 1.807) is 4.90 Å². The topological polar surface area (TPSA) is 43.2 Å². The second-order valence-electron chi connectivity index (χ2n) is 7.76. The van der Waals surface area contributed by atoms with E-state index in [4.69, 9.17) is 9.47 Å². The molecule has 1 amide bonds. The Morgan fingerprint density at radius 2 is 1.93 bits per heavy atom. The van der Waals surface area contributed by atoms with Crippen LogP contribution >= 0.6 is 0 Å². The van der Waals surface area contributed by atoms with Crippen LogP contribution in [0, 0.1) is 6.92 Å². The number of aryl methyl sites for hydroxylation is 1. The van der Waals surface area contributed by atoms with Crippen LogP contribution in [-0.2, 0) is 17.8 Å². The summed E-state index contributed by atoms with van der Waals surface area (Å²) in [6.45, 7) is 7.96. The standard InChI is InChI=1S/C23H28N2O3/c1-18-2-5-21(6-3-18)27-15-9-23(26)25-12-10-24(11-13-25)17-19-4-7-22-20(16-19)8-14-28-22/h2-7,16H,8-15,17H2,1H3/p+1. The van der Waals surface area contributed by atoms with Gasteiger partial charge >= 0.3 is 0 Å². The molecule has 1 N–H and O–H groups in total. The molecule has 2 aliphatic rings. The van der Waals surface area contributed by atoms with Crippen molar-refractivity contribution in [1.82, 2.24) is 4.90 Å². The lowest BCUT2D eigenvalue weighted by Gasteiger charge is -2.32. The molecule has 1 fully saturated rings. The molecular weight excluding hydrogens is 352 g/mol. The number of hydrogen-bond donors (Lipinski definition) is 1. The van der Waals surface area contributed by atoms with Gasteiger partial charge in [-0.1, -0.05) is 17.7 Å². The Balaban J connectivity index is 1.19. The SMILES string of the molecule is Cc1ccc(OCCC(=O)N2CC[NH+](Cc3ccc4c(c3)CCO4)CC2)cc1. The molecule has 0 radical (unpaired) electrons. The summed E-state index contributed by atoms with van der Waals surface area (Å²) in [4.78, 5) is 16.0. The van der Waals surface area contributed by atoms with Gasteiger partial charge < -0.3 is 19.3 Å². The first-order valence-electron chi connectivity index (χ1n) is 10.2. The third-order valence-electron chi connectivity index (χ3n) is 5.64. The lowest BCUT2D eigenvalue weighted by atomic mass is 10.1. The highest BCUT2D eigenvalue weighted by Crippen LogP contribution is 2.25. The molecule has 0 spiro atoms. The molecular formula is C23H29N2O3+. The summed E-state index contributed by atoms with van der Waals surface area (Å²) in [5, 5.41) is 0. The predicted octanol–water partition coefficient (Wildman–Crippen LogP) is 1.63. The van der Waals surface area contributed by atoms with Crippen molar-refractivity contribution < 1.29 is 19.2 Å². The maximum atomic E-state index is 12.5. The van der Waals surface area contributed by atoms with E-state index in [0.717, 1.165) is 57.3 Å². The maximum absolute atomic E-state index is 12.5. The van der Waals surface area contributed by atoms with Crippen molar-refractivity contribution in [3.8, 4) is 11.5 Å². The fourth-order valence-electron chi connectivity index (χ4n) is 3.94. The van der Waals surface area contributed by atoms with E-state index in [1.165, 1.54) is 16.7 Å². The Morgan fingerprint density at radius 3 is 2.71 bits per heavy atom. The summed E-state index contributed by atoms with van der Waals surface area (Å²) in [6.07, 6.45) is 1.46. The number of ether oxygens (including phenoxy) is 2. The second kappa shape index (κ2) is 8.65. The van der Waals surface area contributed by atoms with Crippen molar-refractivity contribution >= 4 is 5.91 Å². The van der Waals surface area contributed by atoms with Crippen LogP contribution in [0.1, 0.15) is 23.1 Å². The summed E-state index contributed by atoms with van der Waals surface area (Å²) in [5.74, 6) is 2.07. The van der Waals surface area contributed by atoms with Crippen LogP contribution in [0.4, 0.5) is 0 Å². The minimum atomic E-state index is 0.195. The summed E-state index contributed by atoms with van der Waals surface area (Å²) in [7, 11) is 0. The van der Waals surface area contributed by atoms with Crippen molar-refractivity contribution in [2.75, 3.05) is 39.4 Å². The van der Waals surface area contributed by atoms with E-state index in [2.05, 4.69) is 18.2 Å². The number of benzene rings is 2. The minimum Gasteiger partial charge on any atom is -0.493 e. The van der Waals surface area contributed by atoms with Gasteiger partial charge in [-0.3, -0.25) is 4.79 Å². The Kier molecular flexibility index (Phi) is 5.81. The van der Waals surface area contributed by atoms with E-state index in [-0.39, 0.29) is 5.91 Å². The van der Waals surface area contributed by atoms with E-state index in [0.29, 0.717) is 13.0 Å². The molecule has 28 heavy (non-hydrogen) atoms. The quantitative estimate of drug-likeness (QED) is 0.827. The van der Waals surface area contributed by atoms with E-state index in [9.17, 15) is 4.79 Å². The zero-order chi connectivity index (χ0) is 19.3. The molecule has 2 aromatic rings. The van der Waals surface area contributed by atoms with E-state index < -0.39 is 0 Å². The van der Waals surface area contributed by atoms with Crippen molar-refractivity contribution in [2.24, 2.45) is 0 Å². The molecule has 0 saturated carbocycles. The molecule has 4 rings (SSSR count). The van der Waals surface area contributed by atoms with Crippen LogP contribution in [0.15, 0.2) is 42.5 Å². The first-order chi connectivity index (χ1) is 13.7. The second-order valence-corrected chi connectivity index (χ2v) is 7.76. The predicted molar refractivity (Wildman–Crippen MR) is 108 cm³/mol. The zero-order valence-corrected chi connectivity index (χ0v) is 16.6. The molecule has 0 bridgehead atoms. The Bertz CT molecular complexity index is 811. The molecule has 0 aliphatic carbocycles. The van der Waals surface area contributed by atoms with E-state index in [1.807, 2.05) is 36.1 Å². The Hall–Kier alpha value is -2.53. The molecule has 5 heteroatoms. The van der Waals surface area contributed by atoms with Gasteiger partial charge in [-0.25, -0.2) is 0 Å². The molecule has 0 aromatic heterocycles. The molecule has 2 heterocycles. The number of carbonyl (C=O) groups is 1. The smallest absolute Gasteiger partial charge is 0.226 e. The van der Waals surface area contributed by atoms with Gasteiger partial charge in [-0.15, -0.1) is 0 Å². The molecule has 0 unspecified atom stereocenters. The molecule has 148 valence electrons. The van der Waals surface area contributed by atoms with E-state index >= 15 is 0 Å². The van der Waals surface area contributed by atoms with Gasteiger partial charge in [0.1, 0.15) is 18.0 Å². The molecule has 2 aromatic carbocycles. The van der Waals surface area contributed by atoms with Gasteiger partial charge in [0.15, 0.2) is 0 Å². The summed E-state index contributed by atoms with van der Waals surface area (Å²) >= 11 is 0. The molecule has 2 aliphatic heterocycles. The Morgan fingerprint density at radius 1 is 1.14 bits per heavy atom. The summed E-state index contributed by atoms with van der Waals surface area (Å²) < 4.78 is 11.3. The molecule has 5 nitrogen and oxygen atoms in total. The average Bonchev–Trinajstić information content (AvgIpc) is 3.18. The maximum Gasteiger partial charge on any atom is 0.226 e.